The van der Waals surface area contributed by atoms with E-state index >= 15 is 0 Å². The van der Waals surface area contributed by atoms with Crippen molar-refractivity contribution in [3.8, 4) is 0 Å². The lowest BCUT2D eigenvalue weighted by Crippen LogP contribution is -2.37. The van der Waals surface area contributed by atoms with Crippen LogP contribution in [-0.4, -0.2) is 28.4 Å². The summed E-state index contributed by atoms with van der Waals surface area (Å²) in [7, 11) is 0. The smallest absolute Gasteiger partial charge is 0.270 e. The Labute approximate surface area is 97.0 Å². The van der Waals surface area contributed by atoms with Crippen molar-refractivity contribution in [2.75, 3.05) is 6.54 Å². The average Bonchev–Trinajstić information content (AvgIpc) is 2.90. The minimum Gasteiger partial charge on any atom is -0.356 e. The number of piperidine rings is 1. The molecule has 1 saturated carbocycles. The van der Waals surface area contributed by atoms with Crippen LogP contribution in [0.25, 0.3) is 0 Å². The lowest BCUT2D eigenvalue weighted by molar-refractivity contribution is 0.0698. The lowest BCUT2D eigenvalue weighted by atomic mass is 10.1. The molecule has 1 saturated heterocycles. The van der Waals surface area contributed by atoms with Gasteiger partial charge in [-0.05, 0) is 47.2 Å². The summed E-state index contributed by atoms with van der Waals surface area (Å²) in [6, 6.07) is 2.36. The summed E-state index contributed by atoms with van der Waals surface area (Å²) < 4.78 is 0.940. The zero-order valence-corrected chi connectivity index (χ0v) is 9.96. The molecule has 1 aliphatic carbocycles. The molecule has 4 heteroatoms. The van der Waals surface area contributed by atoms with Crippen LogP contribution in [0.2, 0.25) is 0 Å². The van der Waals surface area contributed by atoms with E-state index in [0.29, 0.717) is 11.7 Å². The van der Waals surface area contributed by atoms with Crippen LogP contribution in [0.15, 0.2) is 16.7 Å². The molecule has 2 atom stereocenters. The molecule has 0 aromatic carbocycles. The second kappa shape index (κ2) is 3.37. The van der Waals surface area contributed by atoms with Gasteiger partial charge in [0.15, 0.2) is 0 Å². The maximum Gasteiger partial charge on any atom is 0.270 e. The normalized spacial score (nSPS) is 28.7. The molecule has 2 fully saturated rings. The first-order valence-electron chi connectivity index (χ1n) is 5.39. The van der Waals surface area contributed by atoms with Gasteiger partial charge < -0.3 is 9.88 Å². The maximum absolute atomic E-state index is 12.1. The van der Waals surface area contributed by atoms with Gasteiger partial charge in [-0.1, -0.05) is 0 Å². The number of nitrogens with zero attached hydrogens (tertiary/aromatic N) is 1. The Hall–Kier alpha value is -0.770. The van der Waals surface area contributed by atoms with E-state index in [1.165, 1.54) is 19.3 Å². The Morgan fingerprint density at radius 2 is 2.40 bits per heavy atom. The first kappa shape index (κ1) is 9.46. The molecular formula is C11H13BrN2O. The number of likely N-dealkylation sites (tertiary alicyclic amines) is 1. The highest BCUT2D eigenvalue weighted by Crippen LogP contribution is 2.38. The van der Waals surface area contributed by atoms with Gasteiger partial charge in [0.2, 0.25) is 0 Å². The fraction of sp³-hybridized carbons (Fsp3) is 0.545. The first-order chi connectivity index (χ1) is 7.24. The summed E-state index contributed by atoms with van der Waals surface area (Å²) in [5, 5.41) is 0. The molecule has 3 nitrogen and oxygen atoms in total. The Morgan fingerprint density at radius 3 is 2.93 bits per heavy atom. The number of hydrogen-bond acceptors (Lipinski definition) is 1. The topological polar surface area (TPSA) is 36.1 Å². The highest BCUT2D eigenvalue weighted by Gasteiger charge is 2.40. The van der Waals surface area contributed by atoms with Crippen molar-refractivity contribution >= 4 is 21.8 Å². The summed E-state index contributed by atoms with van der Waals surface area (Å²) in [5.74, 6) is 0.922. The van der Waals surface area contributed by atoms with Gasteiger partial charge in [0.05, 0.1) is 0 Å². The zero-order chi connectivity index (χ0) is 10.4. The van der Waals surface area contributed by atoms with Crippen molar-refractivity contribution in [2.45, 2.75) is 25.3 Å². The molecule has 2 bridgehead atoms. The highest BCUT2D eigenvalue weighted by atomic mass is 79.9. The average molecular weight is 269 g/mol. The number of carbonyl (C=O) groups is 1. The summed E-state index contributed by atoms with van der Waals surface area (Å²) >= 11 is 3.35. The van der Waals surface area contributed by atoms with E-state index < -0.39 is 0 Å². The molecular weight excluding hydrogens is 256 g/mol. The number of halogens is 1. The number of aromatic amines is 1. The van der Waals surface area contributed by atoms with Crippen LogP contribution in [-0.2, 0) is 0 Å². The molecule has 15 heavy (non-hydrogen) atoms. The molecule has 2 unspecified atom stereocenters. The van der Waals surface area contributed by atoms with Crippen LogP contribution in [0.3, 0.4) is 0 Å². The van der Waals surface area contributed by atoms with Gasteiger partial charge in [0, 0.05) is 23.3 Å². The molecule has 1 aromatic heterocycles. The van der Waals surface area contributed by atoms with E-state index in [0.717, 1.165) is 16.9 Å². The van der Waals surface area contributed by atoms with Gasteiger partial charge in [0.25, 0.3) is 5.91 Å². The fourth-order valence-electron chi connectivity index (χ4n) is 2.82. The van der Waals surface area contributed by atoms with E-state index in [1.807, 2.05) is 17.2 Å². The molecule has 2 heterocycles. The third-order valence-electron chi connectivity index (χ3n) is 3.55. The van der Waals surface area contributed by atoms with Crippen LogP contribution in [0.5, 0.6) is 0 Å². The van der Waals surface area contributed by atoms with Crippen molar-refractivity contribution in [3.05, 3.63) is 22.4 Å². The maximum atomic E-state index is 12.1. The third kappa shape index (κ3) is 1.51. The summed E-state index contributed by atoms with van der Waals surface area (Å²) in [6.07, 6.45) is 5.52. The van der Waals surface area contributed by atoms with Crippen LogP contribution in [0.4, 0.5) is 0 Å². The van der Waals surface area contributed by atoms with Crippen molar-refractivity contribution in [2.24, 2.45) is 5.92 Å². The van der Waals surface area contributed by atoms with E-state index in [9.17, 15) is 4.79 Å². The van der Waals surface area contributed by atoms with Gasteiger partial charge in [0.1, 0.15) is 5.69 Å². The second-order valence-electron chi connectivity index (χ2n) is 4.52. The van der Waals surface area contributed by atoms with E-state index in [1.54, 1.807) is 0 Å². The van der Waals surface area contributed by atoms with Gasteiger partial charge >= 0.3 is 0 Å². The van der Waals surface area contributed by atoms with Gasteiger partial charge in [-0.3, -0.25) is 4.79 Å². The molecule has 0 spiro atoms. The van der Waals surface area contributed by atoms with Crippen LogP contribution < -0.4 is 0 Å². The van der Waals surface area contributed by atoms with Crippen LogP contribution >= 0.6 is 15.9 Å². The Kier molecular flexibility index (Phi) is 2.12. The van der Waals surface area contributed by atoms with Crippen LogP contribution in [0, 0.1) is 5.92 Å². The standard InChI is InChI=1S/C11H13BrN2O/c12-8-4-10(13-5-8)11(15)14-6-7-1-2-9(14)3-7/h4-5,7,9,13H,1-3,6H2. The first-order valence-corrected chi connectivity index (χ1v) is 6.18. The number of carbonyl (C=O) groups excluding carboxylic acids is 1. The number of aromatic nitrogens is 1. The minimum absolute atomic E-state index is 0.160. The summed E-state index contributed by atoms with van der Waals surface area (Å²) in [5.41, 5.74) is 0.703. The SMILES string of the molecule is O=C(c1cc(Br)c[nH]1)N1CC2CCC1C2. The predicted octanol–water partition coefficient (Wildman–Crippen LogP) is 2.40. The number of fused-ring (bicyclic) bond motifs is 2. The number of H-pyrrole nitrogens is 1. The molecule has 0 radical (unpaired) electrons. The van der Waals surface area contributed by atoms with E-state index in [4.69, 9.17) is 0 Å². The molecule has 1 aromatic rings. The largest absolute Gasteiger partial charge is 0.356 e. The molecule has 1 N–H and O–H groups in total. The second-order valence-corrected chi connectivity index (χ2v) is 5.44. The lowest BCUT2D eigenvalue weighted by Gasteiger charge is -2.26. The molecule has 3 rings (SSSR count). The highest BCUT2D eigenvalue weighted by molar-refractivity contribution is 9.10. The predicted molar refractivity (Wildman–Crippen MR) is 60.7 cm³/mol. The van der Waals surface area contributed by atoms with Crippen LogP contribution in [0.1, 0.15) is 29.8 Å². The quantitative estimate of drug-likeness (QED) is 0.835. The number of hydrogen-bond donors (Lipinski definition) is 1. The monoisotopic (exact) mass is 268 g/mol. The molecule has 1 amide bonds. The Bertz CT molecular complexity index is 401. The van der Waals surface area contributed by atoms with Crippen molar-refractivity contribution in [3.63, 3.8) is 0 Å². The van der Waals surface area contributed by atoms with E-state index in [-0.39, 0.29) is 5.91 Å². The number of nitrogens with one attached hydrogen (secondary N) is 1. The number of rotatable bonds is 1. The number of amides is 1. The molecule has 80 valence electrons. The van der Waals surface area contributed by atoms with Crippen molar-refractivity contribution in [1.82, 2.24) is 9.88 Å². The van der Waals surface area contributed by atoms with Crippen molar-refractivity contribution < 1.29 is 4.79 Å². The minimum atomic E-state index is 0.160. The van der Waals surface area contributed by atoms with Gasteiger partial charge in [-0.25, -0.2) is 0 Å². The summed E-state index contributed by atoms with van der Waals surface area (Å²) in [6.45, 7) is 0.958. The van der Waals surface area contributed by atoms with Gasteiger partial charge in [-0.15, -0.1) is 0 Å². The molecule has 1 aliphatic heterocycles. The Balaban J connectivity index is 1.81. The van der Waals surface area contributed by atoms with E-state index in [2.05, 4.69) is 20.9 Å². The fourth-order valence-corrected chi connectivity index (χ4v) is 3.16. The van der Waals surface area contributed by atoms with Crippen molar-refractivity contribution in [1.29, 1.82) is 0 Å². The molecule has 2 aliphatic rings. The Morgan fingerprint density at radius 1 is 1.53 bits per heavy atom. The third-order valence-corrected chi connectivity index (χ3v) is 4.01. The zero-order valence-electron chi connectivity index (χ0n) is 8.37. The van der Waals surface area contributed by atoms with Gasteiger partial charge in [-0.2, -0.15) is 0 Å². The summed E-state index contributed by atoms with van der Waals surface area (Å²) in [4.78, 5) is 17.2.